The van der Waals surface area contributed by atoms with E-state index in [1.807, 2.05) is 78.8 Å². The smallest absolute Gasteiger partial charge is 0.418 e. The zero-order valence-electron chi connectivity index (χ0n) is 59.2. The molecule has 0 aliphatic carbocycles. The SMILES string of the molecule is CC(C)(CN)CNc1ccc(C(F)(F)F)c(C(=O)c2cccnc2N)n1.CCC(CN)(CNc1ccc(C(F)(F)F)c(C(=O)c2cccnc2N)n1)c1ccccc1.C[C@H](COc1ccc(C(F)(F)F)c(C(=O)c2cccnc2N)n1)C(C)(C)C.Nc1ncccc1C(=O)c1nc(NCCO)ccc1C(F)(F)F.[HH].[HH].[HH].[HH].[HH].[HH].[HH].[HH].[HH].[HH]. The van der Waals surface area contributed by atoms with Gasteiger partial charge in [-0.2, -0.15) is 52.7 Å². The van der Waals surface area contributed by atoms with E-state index in [1.54, 1.807) is 0 Å². The number of aliphatic hydroxyl groups excluding tert-OH is 1. The number of nitrogens with zero attached hydrogens (tertiary/aromatic N) is 8. The summed E-state index contributed by atoms with van der Waals surface area (Å²) in [6, 6.07) is 28.3. The van der Waals surface area contributed by atoms with Crippen molar-refractivity contribution in [3.8, 4) is 5.88 Å². The number of hydrogen-bond donors (Lipinski definition) is 10. The van der Waals surface area contributed by atoms with E-state index < -0.39 is 98.3 Å². The molecule has 108 heavy (non-hydrogen) atoms. The molecular weight excluding hydrogens is 1440 g/mol. The number of carbonyl (C=O) groups is 4. The van der Waals surface area contributed by atoms with Crippen molar-refractivity contribution in [2.75, 3.05) is 84.8 Å². The number of anilines is 7. The van der Waals surface area contributed by atoms with Gasteiger partial charge in [0.25, 0.3) is 0 Å². The molecule has 2 atom stereocenters. The number of nitrogen functional groups attached to an aromatic ring is 4. The van der Waals surface area contributed by atoms with Gasteiger partial charge in [0.1, 0.15) is 63.5 Å². The number of pyridine rings is 8. The van der Waals surface area contributed by atoms with Gasteiger partial charge in [0.2, 0.25) is 29.0 Å². The summed E-state index contributed by atoms with van der Waals surface area (Å²) < 4.78 is 166. The van der Waals surface area contributed by atoms with Crippen molar-refractivity contribution in [1.29, 1.82) is 0 Å². The van der Waals surface area contributed by atoms with Crippen LogP contribution in [0.5, 0.6) is 5.88 Å². The highest BCUT2D eigenvalue weighted by Crippen LogP contribution is 2.39. The van der Waals surface area contributed by atoms with Gasteiger partial charge >= 0.3 is 24.7 Å². The molecule has 8 heterocycles. The predicted molar refractivity (Wildman–Crippen MR) is 403 cm³/mol. The molecule has 0 aliphatic rings. The lowest BCUT2D eigenvalue weighted by Gasteiger charge is -2.32. The summed E-state index contributed by atoms with van der Waals surface area (Å²) in [6.07, 6.45) is -12.9. The van der Waals surface area contributed by atoms with E-state index in [2.05, 4.69) is 55.8 Å². The van der Waals surface area contributed by atoms with Crippen molar-refractivity contribution in [2.45, 2.75) is 85.0 Å². The van der Waals surface area contributed by atoms with Crippen LogP contribution in [0.1, 0.15) is 161 Å². The highest BCUT2D eigenvalue weighted by atomic mass is 19.4. The van der Waals surface area contributed by atoms with Crippen LogP contribution < -0.4 is 55.1 Å². The van der Waals surface area contributed by atoms with Crippen molar-refractivity contribution in [3.05, 3.63) is 225 Å². The van der Waals surface area contributed by atoms with Crippen molar-refractivity contribution < 1.29 is 96.0 Å². The van der Waals surface area contributed by atoms with E-state index in [4.69, 9.17) is 44.2 Å². The molecule has 35 heteroatoms. The number of nitrogens with two attached hydrogens (primary N) is 6. The monoisotopic (exact) mass is 1540 g/mol. The number of aromatic nitrogens is 8. The van der Waals surface area contributed by atoms with E-state index >= 15 is 0 Å². The number of benzene rings is 1. The topological polar surface area (TPSA) is 393 Å². The Morgan fingerprint density at radius 3 is 1.09 bits per heavy atom. The zero-order chi connectivity index (χ0) is 80.3. The average Bonchev–Trinajstić information content (AvgIpc) is 0.803. The number of hydrogen-bond acceptors (Lipinski definition) is 23. The van der Waals surface area contributed by atoms with E-state index in [9.17, 15) is 71.9 Å². The number of alkyl halides is 12. The Bertz CT molecular complexity index is 4620. The maximum Gasteiger partial charge on any atom is 0.418 e. The molecule has 8 aromatic heterocycles. The molecular formula is C73H99F12N17O6. The van der Waals surface area contributed by atoms with Crippen molar-refractivity contribution in [2.24, 2.45) is 28.2 Å². The summed E-state index contributed by atoms with van der Waals surface area (Å²) in [6.45, 7) is 15.3. The van der Waals surface area contributed by atoms with Crippen LogP contribution in [-0.2, 0) is 30.1 Å². The molecule has 0 spiro atoms. The molecule has 0 aliphatic heterocycles. The zero-order valence-corrected chi connectivity index (χ0v) is 59.2. The third-order valence-corrected chi connectivity index (χ3v) is 16.7. The maximum atomic E-state index is 13.6. The number of halogens is 12. The van der Waals surface area contributed by atoms with Crippen LogP contribution in [0.2, 0.25) is 0 Å². The van der Waals surface area contributed by atoms with Crippen LogP contribution in [0.25, 0.3) is 0 Å². The molecule has 0 bridgehead atoms. The first kappa shape index (κ1) is 85.5. The van der Waals surface area contributed by atoms with Crippen LogP contribution in [0.3, 0.4) is 0 Å². The highest BCUT2D eigenvalue weighted by molar-refractivity contribution is 6.13. The average molecular weight is 1540 g/mol. The van der Waals surface area contributed by atoms with Gasteiger partial charge in [-0.05, 0) is 126 Å². The Morgan fingerprint density at radius 2 is 0.787 bits per heavy atom. The Morgan fingerprint density at radius 1 is 0.454 bits per heavy atom. The summed E-state index contributed by atoms with van der Waals surface area (Å²) in [5, 5.41) is 17.3. The highest BCUT2D eigenvalue weighted by Gasteiger charge is 2.41. The second-order valence-corrected chi connectivity index (χ2v) is 25.9. The van der Waals surface area contributed by atoms with Crippen LogP contribution in [0, 0.1) is 16.7 Å². The number of rotatable bonds is 24. The fourth-order valence-electron chi connectivity index (χ4n) is 9.61. The quantitative estimate of drug-likeness (QED) is 0.0198. The summed E-state index contributed by atoms with van der Waals surface area (Å²) in [5.41, 5.74) is 26.3. The Hall–Kier alpha value is -11.5. The molecule has 0 saturated carbocycles. The first-order chi connectivity index (χ1) is 50.5. The molecule has 16 N–H and O–H groups in total. The Labute approximate surface area is 627 Å². The molecule has 0 radical (unpaired) electrons. The molecule has 0 saturated heterocycles. The van der Waals surface area contributed by atoms with Gasteiger partial charge in [0.15, 0.2) is 0 Å². The lowest BCUT2D eigenvalue weighted by atomic mass is 9.78. The van der Waals surface area contributed by atoms with Gasteiger partial charge < -0.3 is 60.2 Å². The van der Waals surface area contributed by atoms with Crippen LogP contribution in [0.4, 0.5) is 93.4 Å². The standard InChI is InChI=1S/C23H24F3N5O.C19H22F3N3O2.C17H20F3N5O.C14H13F3N4O2.10H2/c1-2-22(13-27,15-7-4-3-5-8-15)14-30-18-11-10-17(23(24,25)26)19(31-18)20(32)16-9-6-12-29-21(16)28;1-11(18(2,3)4)10-27-14-8-7-13(19(20,21)22)15(25-14)16(26)12-6-5-9-24-17(12)23;1-16(2,8-21)9-24-12-6-5-11(17(18,19)20)13(25-12)14(26)10-4-3-7-23-15(10)22;15-14(16,17)9-3-4-10(19-6-7-22)21-11(9)12(23)8-2-1-5-20-13(8)18;;;;;;;;;;/h3-12H,2,13-14,27H2,1H3,(H2,28,29)(H,30,31);5-9,11H,10H2,1-4H3,(H2,23,24);3-7H,8-9,21H2,1-2H3,(H2,22,23)(H,24,25);1-5,22H,6-7H2,(H2,18,20)(H,19,21);10*1H/t;11-;;;;;;;;;;;;/m.1............/s1. The summed E-state index contributed by atoms with van der Waals surface area (Å²) in [5.74, 6) is -4.10. The van der Waals surface area contributed by atoms with E-state index in [1.165, 1.54) is 85.5 Å². The Kier molecular flexibility index (Phi) is 28.7. The molecule has 0 fully saturated rings. The normalized spacial score (nSPS) is 12.6. The lowest BCUT2D eigenvalue weighted by molar-refractivity contribution is -0.139. The van der Waals surface area contributed by atoms with Crippen LogP contribution in [-0.4, -0.2) is 114 Å². The van der Waals surface area contributed by atoms with Crippen molar-refractivity contribution in [1.82, 2.24) is 39.9 Å². The Balaban J connectivity index is -0.000000471. The van der Waals surface area contributed by atoms with Gasteiger partial charge in [-0.25, -0.2) is 39.9 Å². The lowest BCUT2D eigenvalue weighted by Crippen LogP contribution is -2.41. The fourth-order valence-corrected chi connectivity index (χ4v) is 9.61. The molecule has 596 valence electrons. The van der Waals surface area contributed by atoms with E-state index in [0.717, 1.165) is 42.0 Å². The molecule has 9 aromatic rings. The minimum absolute atomic E-state index is 0. The van der Waals surface area contributed by atoms with E-state index in [0.29, 0.717) is 32.6 Å². The summed E-state index contributed by atoms with van der Waals surface area (Å²) in [7, 11) is 0. The fraction of sp³-hybridized carbons (Fsp3) is 0.315. The number of aliphatic hydroxyl groups is 1. The minimum Gasteiger partial charge on any atom is -0.477 e. The van der Waals surface area contributed by atoms with Gasteiger partial charge in [-0.3, -0.25) is 19.2 Å². The van der Waals surface area contributed by atoms with Gasteiger partial charge in [-0.1, -0.05) is 78.8 Å². The molecule has 1 aromatic carbocycles. The predicted octanol–water partition coefficient (Wildman–Crippen LogP) is 15.3. The third kappa shape index (κ3) is 22.8. The van der Waals surface area contributed by atoms with Gasteiger partial charge in [0.05, 0.1) is 57.7 Å². The number of nitrogens with one attached hydrogen (secondary N) is 3. The molecule has 23 nitrogen and oxygen atoms in total. The van der Waals surface area contributed by atoms with Crippen LogP contribution in [0.15, 0.2) is 152 Å². The van der Waals surface area contributed by atoms with Gasteiger partial charge in [-0.15, -0.1) is 0 Å². The summed E-state index contributed by atoms with van der Waals surface area (Å²) >= 11 is 0. The maximum absolute atomic E-state index is 13.6. The second kappa shape index (κ2) is 36.2. The molecule has 9 rings (SSSR count). The summed E-state index contributed by atoms with van der Waals surface area (Å²) in [4.78, 5) is 81.0. The largest absolute Gasteiger partial charge is 0.477 e. The number of ketones is 4. The second-order valence-electron chi connectivity index (χ2n) is 25.9. The van der Waals surface area contributed by atoms with Crippen molar-refractivity contribution >= 4 is 63.9 Å². The molecule has 1 unspecified atom stereocenters. The van der Waals surface area contributed by atoms with Gasteiger partial charge in [0, 0.05) is 76.7 Å². The third-order valence-electron chi connectivity index (χ3n) is 16.7. The van der Waals surface area contributed by atoms with Crippen molar-refractivity contribution in [3.63, 3.8) is 0 Å². The number of carbonyl (C=O) groups excluding carboxylic acids is 4. The number of ether oxygens (including phenoxy) is 1. The van der Waals surface area contributed by atoms with E-state index in [-0.39, 0.29) is 120 Å². The first-order valence-electron chi connectivity index (χ1n) is 32.8. The minimum atomic E-state index is -4.76. The first-order valence-corrected chi connectivity index (χ1v) is 32.8. The van der Waals surface area contributed by atoms with Crippen LogP contribution >= 0.6 is 0 Å². The molecule has 0 amide bonds.